The summed E-state index contributed by atoms with van der Waals surface area (Å²) in [6, 6.07) is 9.93. The topological polar surface area (TPSA) is 96.2 Å². The summed E-state index contributed by atoms with van der Waals surface area (Å²) in [6.07, 6.45) is 1.93. The van der Waals surface area contributed by atoms with Crippen molar-refractivity contribution in [2.24, 2.45) is 4.99 Å². The number of allylic oxidation sites excluding steroid dienone is 1. The lowest BCUT2D eigenvalue weighted by Gasteiger charge is -2.05. The van der Waals surface area contributed by atoms with Crippen molar-refractivity contribution >= 4 is 37.3 Å². The van der Waals surface area contributed by atoms with Gasteiger partial charge in [0.25, 0.3) is 0 Å². The van der Waals surface area contributed by atoms with Gasteiger partial charge < -0.3 is 18.8 Å². The highest BCUT2D eigenvalue weighted by Gasteiger charge is 2.18. The van der Waals surface area contributed by atoms with Crippen molar-refractivity contribution in [2.75, 3.05) is 19.7 Å². The van der Waals surface area contributed by atoms with E-state index in [-0.39, 0.29) is 36.2 Å². The predicted molar refractivity (Wildman–Crippen MR) is 121 cm³/mol. The Labute approximate surface area is 189 Å². The van der Waals surface area contributed by atoms with E-state index in [1.807, 2.05) is 16.7 Å². The second-order valence-electron chi connectivity index (χ2n) is 7.06. The van der Waals surface area contributed by atoms with Crippen LogP contribution in [0.15, 0.2) is 58.9 Å². The number of thiazole rings is 1. The summed E-state index contributed by atoms with van der Waals surface area (Å²) in [5.74, 6) is 1.37. The van der Waals surface area contributed by atoms with Crippen LogP contribution < -0.4 is 19.0 Å². The first-order valence-corrected chi connectivity index (χ1v) is 12.4. The Kier molecular flexibility index (Phi) is 6.33. The minimum atomic E-state index is -3.49. The summed E-state index contributed by atoms with van der Waals surface area (Å²) < 4.78 is 43.7. The molecule has 0 unspecified atom stereocenters. The Hall–Kier alpha value is -3.11. The van der Waals surface area contributed by atoms with Crippen molar-refractivity contribution in [3.63, 3.8) is 0 Å². The van der Waals surface area contributed by atoms with E-state index in [0.29, 0.717) is 28.6 Å². The molecule has 1 aromatic heterocycles. The fourth-order valence-corrected chi connectivity index (χ4v) is 5.71. The van der Waals surface area contributed by atoms with Crippen molar-refractivity contribution in [2.45, 2.75) is 24.3 Å². The molecule has 0 radical (unpaired) electrons. The van der Waals surface area contributed by atoms with Crippen molar-refractivity contribution in [3.05, 3.63) is 53.9 Å². The first-order chi connectivity index (χ1) is 15.4. The largest absolute Gasteiger partial charge is 0.497 e. The van der Waals surface area contributed by atoms with Gasteiger partial charge in [-0.2, -0.15) is 4.99 Å². The number of fused-ring (bicyclic) bond motifs is 2. The lowest BCUT2D eigenvalue weighted by molar-refractivity contribution is -0.118. The van der Waals surface area contributed by atoms with Gasteiger partial charge in [-0.1, -0.05) is 17.4 Å². The van der Waals surface area contributed by atoms with Crippen LogP contribution in [0, 0.1) is 0 Å². The maximum atomic E-state index is 12.5. The number of carbonyl (C=O) groups is 1. The molecule has 8 nitrogen and oxygen atoms in total. The fourth-order valence-electron chi connectivity index (χ4n) is 3.33. The summed E-state index contributed by atoms with van der Waals surface area (Å²) in [6.45, 7) is 4.43. The third-order valence-electron chi connectivity index (χ3n) is 4.93. The molecule has 0 saturated carbocycles. The molecule has 0 fully saturated rings. The van der Waals surface area contributed by atoms with Crippen LogP contribution in [-0.4, -0.2) is 38.5 Å². The molecule has 0 spiro atoms. The lowest BCUT2D eigenvalue weighted by atomic mass is 10.3. The van der Waals surface area contributed by atoms with Crippen LogP contribution in [0.3, 0.4) is 0 Å². The zero-order valence-electron chi connectivity index (χ0n) is 17.4. The van der Waals surface area contributed by atoms with E-state index in [1.165, 1.54) is 30.6 Å². The highest BCUT2D eigenvalue weighted by atomic mass is 32.2. The van der Waals surface area contributed by atoms with E-state index in [9.17, 15) is 13.2 Å². The summed E-state index contributed by atoms with van der Waals surface area (Å²) in [7, 11) is -1.97. The molecular formula is C22H22N2O6S2. The van der Waals surface area contributed by atoms with E-state index in [4.69, 9.17) is 14.2 Å². The van der Waals surface area contributed by atoms with Gasteiger partial charge in [0, 0.05) is 25.1 Å². The average Bonchev–Trinajstić information content (AvgIpc) is 3.36. The minimum Gasteiger partial charge on any atom is -0.497 e. The van der Waals surface area contributed by atoms with Gasteiger partial charge >= 0.3 is 0 Å². The summed E-state index contributed by atoms with van der Waals surface area (Å²) in [4.78, 5) is 17.5. The molecule has 0 atom stereocenters. The van der Waals surface area contributed by atoms with Crippen LogP contribution >= 0.6 is 11.3 Å². The molecule has 0 aliphatic carbocycles. The Morgan fingerprint density at radius 1 is 1.25 bits per heavy atom. The van der Waals surface area contributed by atoms with Gasteiger partial charge in [-0.05, 0) is 30.7 Å². The number of methoxy groups -OCH3 is 1. The third kappa shape index (κ3) is 4.56. The molecule has 10 heteroatoms. The van der Waals surface area contributed by atoms with Crippen LogP contribution in [0.2, 0.25) is 0 Å². The zero-order chi connectivity index (χ0) is 22.7. The quantitative estimate of drug-likeness (QED) is 0.465. The van der Waals surface area contributed by atoms with Gasteiger partial charge in [0.1, 0.15) is 5.75 Å². The number of ether oxygens (including phenoxy) is 3. The van der Waals surface area contributed by atoms with Gasteiger partial charge in [0.05, 0.1) is 28.0 Å². The number of benzene rings is 2. The standard InChI is InChI=1S/C22H22N2O6S2/c1-3-10-24-17-12-18-19(30-14-29-18)13-20(17)31-22(24)23-21(25)5-4-11-32(26,27)16-8-6-15(28-2)7-9-16/h3,6-9,12-13H,1,4-5,10-11,14H2,2H3. The Morgan fingerprint density at radius 3 is 2.66 bits per heavy atom. The normalized spacial score (nSPS) is 13.5. The highest BCUT2D eigenvalue weighted by molar-refractivity contribution is 7.91. The second kappa shape index (κ2) is 9.17. The van der Waals surface area contributed by atoms with Gasteiger partial charge in [-0.25, -0.2) is 8.42 Å². The molecule has 4 rings (SSSR count). The molecule has 2 heterocycles. The first kappa shape index (κ1) is 22.1. The molecule has 3 aromatic rings. The number of nitrogens with zero attached hydrogens (tertiary/aromatic N) is 2. The van der Waals surface area contributed by atoms with Crippen molar-refractivity contribution in [3.8, 4) is 17.2 Å². The van der Waals surface area contributed by atoms with Gasteiger partial charge in [0.15, 0.2) is 26.1 Å². The van der Waals surface area contributed by atoms with Crippen LogP contribution in [0.1, 0.15) is 12.8 Å². The van der Waals surface area contributed by atoms with Crippen LogP contribution in [0.25, 0.3) is 10.2 Å². The van der Waals surface area contributed by atoms with E-state index in [2.05, 4.69) is 11.6 Å². The molecule has 168 valence electrons. The minimum absolute atomic E-state index is 0.0282. The Balaban J connectivity index is 1.49. The predicted octanol–water partition coefficient (Wildman–Crippen LogP) is 3.31. The summed E-state index contributed by atoms with van der Waals surface area (Å²) >= 11 is 1.36. The van der Waals surface area contributed by atoms with E-state index in [1.54, 1.807) is 18.2 Å². The molecule has 1 aliphatic rings. The van der Waals surface area contributed by atoms with Crippen molar-refractivity contribution in [1.82, 2.24) is 4.57 Å². The second-order valence-corrected chi connectivity index (χ2v) is 10.2. The van der Waals surface area contributed by atoms with Crippen molar-refractivity contribution in [1.29, 1.82) is 0 Å². The Bertz CT molecular complexity index is 1340. The van der Waals surface area contributed by atoms with Crippen molar-refractivity contribution < 1.29 is 27.4 Å². The number of amides is 1. The molecule has 2 aromatic carbocycles. The molecule has 32 heavy (non-hydrogen) atoms. The first-order valence-electron chi connectivity index (χ1n) is 9.89. The van der Waals surface area contributed by atoms with Gasteiger partial charge in [0.2, 0.25) is 12.7 Å². The fraction of sp³-hybridized carbons (Fsp3) is 0.273. The highest BCUT2D eigenvalue weighted by Crippen LogP contribution is 2.37. The Morgan fingerprint density at radius 2 is 1.97 bits per heavy atom. The van der Waals surface area contributed by atoms with Gasteiger partial charge in [-0.3, -0.25) is 4.79 Å². The van der Waals surface area contributed by atoms with E-state index in [0.717, 1.165) is 10.2 Å². The van der Waals surface area contributed by atoms with Crippen LogP contribution in [-0.2, 0) is 21.2 Å². The number of sulfone groups is 1. The van der Waals surface area contributed by atoms with Crippen LogP contribution in [0.5, 0.6) is 17.2 Å². The lowest BCUT2D eigenvalue weighted by Crippen LogP contribution is -2.16. The SMILES string of the molecule is C=CCn1c(=NC(=O)CCCS(=O)(=O)c2ccc(OC)cc2)sc2cc3c(cc21)OCO3. The molecule has 0 N–H and O–H groups in total. The van der Waals surface area contributed by atoms with Gasteiger partial charge in [-0.15, -0.1) is 6.58 Å². The molecule has 0 saturated heterocycles. The molecule has 0 bridgehead atoms. The number of hydrogen-bond donors (Lipinski definition) is 0. The number of aromatic nitrogens is 1. The smallest absolute Gasteiger partial charge is 0.248 e. The third-order valence-corrected chi connectivity index (χ3v) is 7.79. The number of hydrogen-bond acceptors (Lipinski definition) is 7. The van der Waals surface area contributed by atoms with Crippen LogP contribution in [0.4, 0.5) is 0 Å². The van der Waals surface area contributed by atoms with E-state index >= 15 is 0 Å². The summed E-state index contributed by atoms with van der Waals surface area (Å²) in [5.41, 5.74) is 0.868. The molecule has 1 amide bonds. The number of carbonyl (C=O) groups excluding carboxylic acids is 1. The zero-order valence-corrected chi connectivity index (χ0v) is 19.1. The monoisotopic (exact) mass is 474 g/mol. The molecular weight excluding hydrogens is 452 g/mol. The average molecular weight is 475 g/mol. The van der Waals surface area contributed by atoms with E-state index < -0.39 is 9.84 Å². The molecule has 1 aliphatic heterocycles. The maximum Gasteiger partial charge on any atom is 0.248 e. The number of rotatable bonds is 8. The maximum absolute atomic E-state index is 12.5. The summed E-state index contributed by atoms with van der Waals surface area (Å²) in [5, 5.41) is 0.